The van der Waals surface area contributed by atoms with Crippen LogP contribution in [0.2, 0.25) is 0 Å². The van der Waals surface area contributed by atoms with Gasteiger partial charge in [0.2, 0.25) is 0 Å². The number of rotatable bonds is 6. The van der Waals surface area contributed by atoms with Crippen molar-refractivity contribution in [3.05, 3.63) is 21.7 Å². The van der Waals surface area contributed by atoms with Crippen LogP contribution in [0.25, 0.3) is 0 Å². The average molecular weight is 317 g/mol. The summed E-state index contributed by atoms with van der Waals surface area (Å²) in [4.78, 5) is 0. The van der Waals surface area contributed by atoms with E-state index in [0.717, 1.165) is 34.4 Å². The van der Waals surface area contributed by atoms with Gasteiger partial charge in [0.1, 0.15) is 0 Å². The van der Waals surface area contributed by atoms with Gasteiger partial charge in [0.25, 0.3) is 0 Å². The van der Waals surface area contributed by atoms with Gasteiger partial charge in [-0.15, -0.1) is 0 Å². The van der Waals surface area contributed by atoms with Crippen molar-refractivity contribution < 1.29 is 14.6 Å². The van der Waals surface area contributed by atoms with Crippen LogP contribution in [-0.2, 0) is 6.42 Å². The summed E-state index contributed by atoms with van der Waals surface area (Å²) in [7, 11) is 3.30. The topological polar surface area (TPSA) is 38.7 Å². The average Bonchev–Trinajstić information content (AvgIpc) is 2.34. The summed E-state index contributed by atoms with van der Waals surface area (Å²) in [5, 5.41) is 8.99. The highest BCUT2D eigenvalue weighted by atomic mass is 79.9. The molecule has 0 aliphatic heterocycles. The van der Waals surface area contributed by atoms with Crippen LogP contribution in [0.1, 0.15) is 37.3 Å². The molecule has 102 valence electrons. The van der Waals surface area contributed by atoms with Crippen molar-refractivity contribution in [1.29, 1.82) is 0 Å². The molecule has 3 nitrogen and oxygen atoms in total. The fraction of sp³-hybridized carbons (Fsp3) is 0.571. The largest absolute Gasteiger partial charge is 0.493 e. The Morgan fingerprint density at radius 1 is 1.22 bits per heavy atom. The number of aliphatic hydroxyl groups excluding tert-OH is 1. The first kappa shape index (κ1) is 15.3. The molecule has 0 spiro atoms. The molecule has 0 radical (unpaired) electrons. The van der Waals surface area contributed by atoms with E-state index in [9.17, 15) is 0 Å². The van der Waals surface area contributed by atoms with Gasteiger partial charge < -0.3 is 14.6 Å². The van der Waals surface area contributed by atoms with Crippen LogP contribution in [0, 0.1) is 0 Å². The Labute approximate surface area is 117 Å². The van der Waals surface area contributed by atoms with Crippen molar-refractivity contribution in [2.75, 3.05) is 20.8 Å². The molecule has 18 heavy (non-hydrogen) atoms. The van der Waals surface area contributed by atoms with Crippen molar-refractivity contribution in [3.8, 4) is 11.5 Å². The normalized spacial score (nSPS) is 10.8. The zero-order valence-electron chi connectivity index (χ0n) is 11.4. The fourth-order valence-corrected chi connectivity index (χ4v) is 2.79. The molecule has 0 aromatic heterocycles. The van der Waals surface area contributed by atoms with E-state index in [4.69, 9.17) is 14.6 Å². The number of hydrogen-bond donors (Lipinski definition) is 1. The van der Waals surface area contributed by atoms with Gasteiger partial charge in [0.05, 0.1) is 18.7 Å². The van der Waals surface area contributed by atoms with Gasteiger partial charge in [-0.25, -0.2) is 0 Å². The van der Waals surface area contributed by atoms with Crippen LogP contribution < -0.4 is 9.47 Å². The Balaban J connectivity index is 3.37. The molecule has 0 saturated heterocycles. The van der Waals surface area contributed by atoms with Crippen LogP contribution in [0.3, 0.4) is 0 Å². The summed E-state index contributed by atoms with van der Waals surface area (Å²) in [5.74, 6) is 1.86. The quantitative estimate of drug-likeness (QED) is 0.872. The molecular weight excluding hydrogens is 296 g/mol. The number of ether oxygens (including phenoxy) is 2. The van der Waals surface area contributed by atoms with E-state index in [1.54, 1.807) is 14.2 Å². The first-order chi connectivity index (χ1) is 8.56. The maximum atomic E-state index is 8.99. The predicted molar refractivity (Wildman–Crippen MR) is 76.7 cm³/mol. The van der Waals surface area contributed by atoms with Crippen molar-refractivity contribution >= 4 is 15.9 Å². The number of benzene rings is 1. The van der Waals surface area contributed by atoms with Crippen molar-refractivity contribution in [3.63, 3.8) is 0 Å². The number of aliphatic hydroxyl groups is 1. The summed E-state index contributed by atoms with van der Waals surface area (Å²) in [6.45, 7) is 4.46. The minimum Gasteiger partial charge on any atom is -0.493 e. The van der Waals surface area contributed by atoms with Gasteiger partial charge in [-0.1, -0.05) is 13.8 Å². The number of halogens is 1. The molecule has 0 aliphatic rings. The van der Waals surface area contributed by atoms with Crippen molar-refractivity contribution in [2.24, 2.45) is 0 Å². The summed E-state index contributed by atoms with van der Waals surface area (Å²) in [6, 6.07) is 2.06. The van der Waals surface area contributed by atoms with Crippen molar-refractivity contribution in [2.45, 2.75) is 32.6 Å². The van der Waals surface area contributed by atoms with E-state index < -0.39 is 0 Å². The Kier molecular flexibility index (Phi) is 5.96. The molecule has 0 atom stereocenters. The van der Waals surface area contributed by atoms with E-state index in [2.05, 4.69) is 35.8 Å². The zero-order valence-corrected chi connectivity index (χ0v) is 13.0. The molecule has 0 heterocycles. The molecule has 0 aliphatic carbocycles. The van der Waals surface area contributed by atoms with Gasteiger partial charge in [-0.3, -0.25) is 0 Å². The van der Waals surface area contributed by atoms with E-state index in [1.165, 1.54) is 5.56 Å². The predicted octanol–water partition coefficient (Wildman–Crippen LogP) is 3.51. The molecule has 0 saturated carbocycles. The summed E-state index contributed by atoms with van der Waals surface area (Å²) >= 11 is 3.51. The summed E-state index contributed by atoms with van der Waals surface area (Å²) in [6.07, 6.45) is 1.59. The Hall–Kier alpha value is -0.740. The first-order valence-corrected chi connectivity index (χ1v) is 6.90. The highest BCUT2D eigenvalue weighted by molar-refractivity contribution is 9.10. The molecular formula is C14H21BrO3. The fourth-order valence-electron chi connectivity index (χ4n) is 2.18. The number of aryl methyl sites for hydroxylation is 1. The second kappa shape index (κ2) is 7.00. The highest BCUT2D eigenvalue weighted by Crippen LogP contribution is 2.43. The van der Waals surface area contributed by atoms with Gasteiger partial charge in [-0.05, 0) is 46.3 Å². The van der Waals surface area contributed by atoms with Crippen LogP contribution in [0.5, 0.6) is 11.5 Å². The third-order valence-corrected chi connectivity index (χ3v) is 3.49. The maximum Gasteiger partial charge on any atom is 0.175 e. The van der Waals surface area contributed by atoms with Crippen LogP contribution in [-0.4, -0.2) is 25.9 Å². The van der Waals surface area contributed by atoms with Gasteiger partial charge in [-0.2, -0.15) is 0 Å². The molecule has 0 bridgehead atoms. The molecule has 1 N–H and O–H groups in total. The minimum absolute atomic E-state index is 0.198. The Morgan fingerprint density at radius 2 is 1.83 bits per heavy atom. The Bertz CT molecular complexity index is 403. The SMILES string of the molecule is COc1c(Br)cc(CCCO)c(C(C)C)c1OC. The lowest BCUT2D eigenvalue weighted by molar-refractivity contribution is 0.288. The monoisotopic (exact) mass is 316 g/mol. The highest BCUT2D eigenvalue weighted by Gasteiger charge is 2.20. The molecule has 0 amide bonds. The number of hydrogen-bond acceptors (Lipinski definition) is 3. The van der Waals surface area contributed by atoms with E-state index >= 15 is 0 Å². The number of methoxy groups -OCH3 is 2. The zero-order chi connectivity index (χ0) is 13.7. The lowest BCUT2D eigenvalue weighted by Crippen LogP contribution is -2.04. The molecule has 4 heteroatoms. The lowest BCUT2D eigenvalue weighted by Gasteiger charge is -2.20. The molecule has 0 fully saturated rings. The van der Waals surface area contributed by atoms with Crippen LogP contribution in [0.15, 0.2) is 10.5 Å². The van der Waals surface area contributed by atoms with E-state index in [0.29, 0.717) is 5.92 Å². The standard InChI is InChI=1S/C14H21BrO3/c1-9(2)12-10(6-5-7-16)8-11(15)13(17-3)14(12)18-4/h8-9,16H,5-7H2,1-4H3. The summed E-state index contributed by atoms with van der Waals surface area (Å²) in [5.41, 5.74) is 2.36. The van der Waals surface area contributed by atoms with Crippen LogP contribution in [0.4, 0.5) is 0 Å². The lowest BCUT2D eigenvalue weighted by atomic mass is 9.93. The molecule has 1 aromatic rings. The van der Waals surface area contributed by atoms with Gasteiger partial charge in [0.15, 0.2) is 11.5 Å². The smallest absolute Gasteiger partial charge is 0.175 e. The first-order valence-electron chi connectivity index (χ1n) is 6.10. The van der Waals surface area contributed by atoms with Gasteiger partial charge in [0, 0.05) is 12.2 Å². The molecule has 1 aromatic carbocycles. The minimum atomic E-state index is 0.198. The summed E-state index contributed by atoms with van der Waals surface area (Å²) < 4.78 is 11.8. The van der Waals surface area contributed by atoms with E-state index in [-0.39, 0.29) is 6.61 Å². The molecule has 1 rings (SSSR count). The maximum absolute atomic E-state index is 8.99. The van der Waals surface area contributed by atoms with Gasteiger partial charge >= 0.3 is 0 Å². The second-order valence-corrected chi connectivity index (χ2v) is 5.33. The Morgan fingerprint density at radius 3 is 2.28 bits per heavy atom. The third kappa shape index (κ3) is 3.18. The van der Waals surface area contributed by atoms with Crippen LogP contribution >= 0.6 is 15.9 Å². The van der Waals surface area contributed by atoms with Crippen molar-refractivity contribution in [1.82, 2.24) is 0 Å². The van der Waals surface area contributed by atoms with E-state index in [1.807, 2.05) is 0 Å². The second-order valence-electron chi connectivity index (χ2n) is 4.48. The third-order valence-electron chi connectivity index (χ3n) is 2.90. The molecule has 0 unspecified atom stereocenters.